The number of phosphoric ester groups is 1. The first kappa shape index (κ1) is 15.6. The minimum absolute atomic E-state index is 0.884. The largest absolute Gasteiger partial charge is 0.470 e. The molecule has 0 radical (unpaired) electrons. The molecule has 0 rings (SSSR count). The van der Waals surface area contributed by atoms with Crippen molar-refractivity contribution in [3.63, 3.8) is 0 Å². The molecule has 0 fully saturated rings. The molecule has 0 spiro atoms. The van der Waals surface area contributed by atoms with E-state index in [1.165, 1.54) is 0 Å². The molecule has 0 bridgehead atoms. The van der Waals surface area contributed by atoms with Gasteiger partial charge >= 0.3 is 7.82 Å². The molecular formula is C6H13O9P. The third kappa shape index (κ3) is 5.64. The summed E-state index contributed by atoms with van der Waals surface area (Å²) in [6, 6.07) is 0. The molecule has 0 saturated heterocycles. The molecule has 0 aromatic carbocycles. The number of hydrogen-bond donors (Lipinski definition) is 6. The van der Waals surface area contributed by atoms with Crippen molar-refractivity contribution in [3.05, 3.63) is 0 Å². The molecule has 3 atom stereocenters. The number of aliphatic hydroxyl groups is 4. The van der Waals surface area contributed by atoms with E-state index >= 15 is 0 Å². The van der Waals surface area contributed by atoms with Crippen LogP contribution in [-0.4, -0.2) is 67.5 Å². The number of carbonyl (C=O) groups is 1. The summed E-state index contributed by atoms with van der Waals surface area (Å²) < 4.78 is 14.0. The van der Waals surface area contributed by atoms with E-state index in [9.17, 15) is 9.36 Å². The summed E-state index contributed by atoms with van der Waals surface area (Å²) >= 11 is 0. The van der Waals surface area contributed by atoms with Crippen molar-refractivity contribution in [1.29, 1.82) is 0 Å². The minimum atomic E-state index is -4.85. The molecule has 0 heterocycles. The summed E-state index contributed by atoms with van der Waals surface area (Å²) in [4.78, 5) is 27.5. The van der Waals surface area contributed by atoms with Gasteiger partial charge in [0.25, 0.3) is 0 Å². The second kappa shape index (κ2) is 6.38. The Morgan fingerprint density at radius 2 is 1.75 bits per heavy atom. The molecule has 0 aromatic heterocycles. The van der Waals surface area contributed by atoms with Crippen molar-refractivity contribution in [2.45, 2.75) is 18.3 Å². The van der Waals surface area contributed by atoms with E-state index in [4.69, 9.17) is 30.2 Å². The lowest BCUT2D eigenvalue weighted by atomic mass is 10.1. The first-order chi connectivity index (χ1) is 7.19. The average molecular weight is 260 g/mol. The van der Waals surface area contributed by atoms with Crippen molar-refractivity contribution in [2.75, 3.05) is 13.2 Å². The Labute approximate surface area is 90.2 Å². The normalized spacial score (nSPS) is 17.9. The number of aliphatic hydroxyl groups excluding tert-OH is 4. The van der Waals surface area contributed by atoms with Crippen molar-refractivity contribution < 1.29 is 44.1 Å². The first-order valence-corrected chi connectivity index (χ1v) is 5.60. The van der Waals surface area contributed by atoms with Gasteiger partial charge in [0.05, 0.1) is 6.61 Å². The molecule has 0 aliphatic heterocycles. The number of carbonyl (C=O) groups excluding carboxylic acids is 1. The van der Waals surface area contributed by atoms with Gasteiger partial charge in [-0.15, -0.1) is 0 Å². The van der Waals surface area contributed by atoms with Crippen LogP contribution in [0.4, 0.5) is 0 Å². The lowest BCUT2D eigenvalue weighted by Gasteiger charge is -2.20. The zero-order valence-electron chi connectivity index (χ0n) is 8.00. The van der Waals surface area contributed by atoms with Gasteiger partial charge < -0.3 is 30.2 Å². The molecule has 96 valence electrons. The Kier molecular flexibility index (Phi) is 6.23. The van der Waals surface area contributed by atoms with Gasteiger partial charge in [0.1, 0.15) is 24.9 Å². The van der Waals surface area contributed by atoms with Crippen LogP contribution in [0.2, 0.25) is 0 Å². The second-order valence-corrected chi connectivity index (χ2v) is 4.16. The molecule has 0 aliphatic carbocycles. The minimum Gasteiger partial charge on any atom is -0.394 e. The van der Waals surface area contributed by atoms with Gasteiger partial charge in [0.15, 0.2) is 5.78 Å². The van der Waals surface area contributed by atoms with Crippen molar-refractivity contribution in [3.8, 4) is 0 Å². The molecule has 0 aliphatic rings. The monoisotopic (exact) mass is 260 g/mol. The van der Waals surface area contributed by atoms with Crippen LogP contribution in [0.15, 0.2) is 0 Å². The summed E-state index contributed by atoms with van der Waals surface area (Å²) in [6.45, 7) is -2.01. The van der Waals surface area contributed by atoms with Crippen LogP contribution in [0.3, 0.4) is 0 Å². The third-order valence-electron chi connectivity index (χ3n) is 1.61. The highest BCUT2D eigenvalue weighted by Crippen LogP contribution is 2.35. The predicted molar refractivity (Wildman–Crippen MR) is 48.1 cm³/mol. The maximum atomic E-state index is 11.0. The molecule has 9 nitrogen and oxygen atoms in total. The van der Waals surface area contributed by atoms with Gasteiger partial charge in [-0.25, -0.2) is 4.57 Å². The van der Waals surface area contributed by atoms with E-state index in [-0.39, 0.29) is 0 Å². The molecule has 0 unspecified atom stereocenters. The van der Waals surface area contributed by atoms with Gasteiger partial charge in [0, 0.05) is 0 Å². The fourth-order valence-corrected chi connectivity index (χ4v) is 1.04. The Morgan fingerprint density at radius 3 is 2.12 bits per heavy atom. The summed E-state index contributed by atoms with van der Waals surface area (Å²) in [5.41, 5.74) is 0. The number of ketones is 1. The lowest BCUT2D eigenvalue weighted by molar-refractivity contribution is -0.142. The molecule has 16 heavy (non-hydrogen) atoms. The topological polar surface area (TPSA) is 165 Å². The average Bonchev–Trinajstić information content (AvgIpc) is 2.21. The quantitative estimate of drug-likeness (QED) is 0.258. The predicted octanol–water partition coefficient (Wildman–Crippen LogP) is -3.26. The maximum absolute atomic E-state index is 11.0. The van der Waals surface area contributed by atoms with Crippen LogP contribution >= 0.6 is 7.82 Å². The lowest BCUT2D eigenvalue weighted by Crippen LogP contribution is -2.45. The number of phosphoric acid groups is 1. The van der Waals surface area contributed by atoms with Gasteiger partial charge in [0.2, 0.25) is 0 Å². The molecule has 0 amide bonds. The molecule has 6 N–H and O–H groups in total. The van der Waals surface area contributed by atoms with Crippen LogP contribution in [-0.2, 0) is 13.9 Å². The Hall–Kier alpha value is -0.380. The van der Waals surface area contributed by atoms with E-state index in [2.05, 4.69) is 4.52 Å². The Balaban J connectivity index is 4.23. The summed E-state index contributed by atoms with van der Waals surface area (Å²) in [7, 11) is -4.85. The van der Waals surface area contributed by atoms with E-state index < -0.39 is 45.1 Å². The van der Waals surface area contributed by atoms with Crippen LogP contribution in [0.25, 0.3) is 0 Å². The van der Waals surface area contributed by atoms with Crippen molar-refractivity contribution in [2.24, 2.45) is 0 Å². The highest BCUT2D eigenvalue weighted by atomic mass is 31.2. The smallest absolute Gasteiger partial charge is 0.394 e. The van der Waals surface area contributed by atoms with E-state index in [0.717, 1.165) is 0 Å². The summed E-state index contributed by atoms with van der Waals surface area (Å²) in [5, 5.41) is 35.4. The standard InChI is InChI=1S/C6H13O9P/c7-1-3(8)5(10)6(11)4(9)2-15-16(12,13)14/h3,5-8,10-11H,1-2H2,(H2,12,13,14)/t3-,5-,6-/m0/s1. The second-order valence-electron chi connectivity index (χ2n) is 2.92. The van der Waals surface area contributed by atoms with Crippen molar-refractivity contribution >= 4 is 13.6 Å². The number of rotatable bonds is 7. The number of Topliss-reactive ketones (excluding diaryl/α,β-unsaturated/α-hetero) is 1. The fraction of sp³-hybridized carbons (Fsp3) is 0.833. The Bertz CT molecular complexity index is 273. The van der Waals surface area contributed by atoms with Crippen LogP contribution < -0.4 is 0 Å². The zero-order valence-corrected chi connectivity index (χ0v) is 8.90. The molecule has 0 aromatic rings. The van der Waals surface area contributed by atoms with E-state index in [1.54, 1.807) is 0 Å². The highest BCUT2D eigenvalue weighted by molar-refractivity contribution is 7.46. The fourth-order valence-electron chi connectivity index (χ4n) is 0.742. The first-order valence-electron chi connectivity index (χ1n) is 4.07. The van der Waals surface area contributed by atoms with Gasteiger partial charge in [-0.2, -0.15) is 0 Å². The number of hydrogen-bond acceptors (Lipinski definition) is 7. The third-order valence-corrected chi connectivity index (χ3v) is 2.08. The van der Waals surface area contributed by atoms with Gasteiger partial charge in [-0.3, -0.25) is 9.32 Å². The maximum Gasteiger partial charge on any atom is 0.470 e. The summed E-state index contributed by atoms with van der Waals surface area (Å²) in [6.07, 6.45) is -5.81. The molecule has 10 heteroatoms. The Morgan fingerprint density at radius 1 is 1.25 bits per heavy atom. The molecular weight excluding hydrogens is 247 g/mol. The van der Waals surface area contributed by atoms with E-state index in [0.29, 0.717) is 0 Å². The van der Waals surface area contributed by atoms with Gasteiger partial charge in [-0.05, 0) is 0 Å². The molecule has 0 saturated carbocycles. The SMILES string of the molecule is O=C(COP(=O)(O)O)[C@H](O)[C@@H](O)[C@@H](O)CO. The van der Waals surface area contributed by atoms with Crippen LogP contribution in [0.1, 0.15) is 0 Å². The van der Waals surface area contributed by atoms with Crippen LogP contribution in [0, 0.1) is 0 Å². The highest BCUT2D eigenvalue weighted by Gasteiger charge is 2.31. The van der Waals surface area contributed by atoms with Gasteiger partial charge in [-0.1, -0.05) is 0 Å². The summed E-state index contributed by atoms with van der Waals surface area (Å²) in [5.74, 6) is -1.23. The van der Waals surface area contributed by atoms with Crippen LogP contribution in [0.5, 0.6) is 0 Å². The zero-order chi connectivity index (χ0) is 12.9. The van der Waals surface area contributed by atoms with E-state index in [1.807, 2.05) is 0 Å². The van der Waals surface area contributed by atoms with Crippen molar-refractivity contribution in [1.82, 2.24) is 0 Å².